The van der Waals surface area contributed by atoms with E-state index in [-0.39, 0.29) is 12.5 Å². The normalized spacial score (nSPS) is 22.6. The van der Waals surface area contributed by atoms with Crippen LogP contribution in [0.15, 0.2) is 4.99 Å². The molecule has 0 aromatic rings. The van der Waals surface area contributed by atoms with Crippen LogP contribution in [-0.4, -0.2) is 29.6 Å². The van der Waals surface area contributed by atoms with Gasteiger partial charge >= 0.3 is 5.97 Å². The number of ether oxygens (including phenoxy) is 1. The lowest BCUT2D eigenvalue weighted by Crippen LogP contribution is -2.08. The minimum atomic E-state index is -0.773. The van der Waals surface area contributed by atoms with Gasteiger partial charge in [-0.25, -0.2) is 4.99 Å². The molecule has 1 unspecified atom stereocenters. The van der Waals surface area contributed by atoms with Gasteiger partial charge < -0.3 is 9.84 Å². The van der Waals surface area contributed by atoms with Gasteiger partial charge in [0.2, 0.25) is 0 Å². The monoisotopic (exact) mass is 157 g/mol. The first-order chi connectivity index (χ1) is 5.18. The third kappa shape index (κ3) is 2.57. The molecule has 0 aliphatic carbocycles. The van der Waals surface area contributed by atoms with Crippen molar-refractivity contribution in [2.24, 2.45) is 4.99 Å². The fourth-order valence-corrected chi connectivity index (χ4v) is 0.986. The quantitative estimate of drug-likeness (QED) is 0.655. The molecule has 0 amide bonds. The van der Waals surface area contributed by atoms with Crippen LogP contribution in [0, 0.1) is 0 Å². The molecule has 4 heteroatoms. The fourth-order valence-electron chi connectivity index (χ4n) is 0.986. The topological polar surface area (TPSA) is 58.9 Å². The number of carbonyl (C=O) groups is 1. The maximum atomic E-state index is 10.1. The van der Waals surface area contributed by atoms with Crippen LogP contribution in [0.5, 0.6) is 0 Å². The van der Waals surface area contributed by atoms with E-state index in [9.17, 15) is 4.79 Å². The van der Waals surface area contributed by atoms with Gasteiger partial charge in [-0.15, -0.1) is 0 Å². The van der Waals surface area contributed by atoms with E-state index >= 15 is 0 Å². The number of aliphatic carboxylic acids is 1. The molecule has 0 saturated heterocycles. The molecule has 0 aromatic carbocycles. The second-order valence-electron chi connectivity index (χ2n) is 2.55. The molecular weight excluding hydrogens is 146 g/mol. The van der Waals surface area contributed by atoms with Gasteiger partial charge in [0, 0.05) is 13.3 Å². The van der Waals surface area contributed by atoms with Crippen molar-refractivity contribution in [2.75, 3.05) is 6.61 Å². The van der Waals surface area contributed by atoms with E-state index in [0.29, 0.717) is 18.9 Å². The highest BCUT2D eigenvalue weighted by Crippen LogP contribution is 2.09. The van der Waals surface area contributed by atoms with Crippen LogP contribution >= 0.6 is 0 Å². The Labute approximate surface area is 64.9 Å². The van der Waals surface area contributed by atoms with E-state index in [4.69, 9.17) is 9.84 Å². The van der Waals surface area contributed by atoms with E-state index < -0.39 is 5.97 Å². The molecule has 1 N–H and O–H groups in total. The van der Waals surface area contributed by atoms with Gasteiger partial charge in [-0.2, -0.15) is 0 Å². The molecule has 1 heterocycles. The summed E-state index contributed by atoms with van der Waals surface area (Å²) in [6.07, 6.45) is 0.748. The average Bonchev–Trinajstić information content (AvgIpc) is 2.31. The molecule has 0 aromatic heterocycles. The van der Waals surface area contributed by atoms with Gasteiger partial charge in [-0.05, 0) is 6.42 Å². The predicted octanol–water partition coefficient (Wildman–Crippen LogP) is 0.668. The summed E-state index contributed by atoms with van der Waals surface area (Å²) in [5.41, 5.74) is 0. The second kappa shape index (κ2) is 3.37. The van der Waals surface area contributed by atoms with Crippen molar-refractivity contribution in [3.05, 3.63) is 0 Å². The highest BCUT2D eigenvalue weighted by atomic mass is 16.5. The number of hydrogen-bond acceptors (Lipinski definition) is 3. The predicted molar refractivity (Wildman–Crippen MR) is 39.7 cm³/mol. The molecule has 0 spiro atoms. The van der Waals surface area contributed by atoms with E-state index in [1.807, 2.05) is 0 Å². The molecule has 1 aliphatic heterocycles. The van der Waals surface area contributed by atoms with Gasteiger partial charge in [0.05, 0.1) is 6.04 Å². The summed E-state index contributed by atoms with van der Waals surface area (Å²) >= 11 is 0. The Hall–Kier alpha value is -1.06. The lowest BCUT2D eigenvalue weighted by Gasteiger charge is -2.00. The number of aliphatic imine (C=N–C) groups is 1. The van der Waals surface area contributed by atoms with Gasteiger partial charge in [-0.3, -0.25) is 4.79 Å². The van der Waals surface area contributed by atoms with Crippen LogP contribution < -0.4 is 0 Å². The second-order valence-corrected chi connectivity index (χ2v) is 2.55. The highest BCUT2D eigenvalue weighted by molar-refractivity contribution is 5.74. The first-order valence-corrected chi connectivity index (χ1v) is 3.57. The number of hydrogen-bond donors (Lipinski definition) is 1. The van der Waals surface area contributed by atoms with Crippen molar-refractivity contribution in [3.8, 4) is 0 Å². The largest absolute Gasteiger partial charge is 0.481 e. The lowest BCUT2D eigenvalue weighted by atomic mass is 10.2. The lowest BCUT2D eigenvalue weighted by molar-refractivity contribution is -0.137. The van der Waals surface area contributed by atoms with Crippen molar-refractivity contribution in [3.63, 3.8) is 0 Å². The summed E-state index contributed by atoms with van der Waals surface area (Å²) in [5, 5.41) is 8.35. The summed E-state index contributed by atoms with van der Waals surface area (Å²) < 4.78 is 5.05. The molecular formula is C7H11NO3. The van der Waals surface area contributed by atoms with Gasteiger partial charge in [-0.1, -0.05) is 0 Å². The maximum Gasteiger partial charge on any atom is 0.303 e. The van der Waals surface area contributed by atoms with Crippen molar-refractivity contribution in [2.45, 2.75) is 25.8 Å². The maximum absolute atomic E-state index is 10.1. The van der Waals surface area contributed by atoms with Crippen LogP contribution in [0.3, 0.4) is 0 Å². The van der Waals surface area contributed by atoms with Crippen LogP contribution in [0.2, 0.25) is 0 Å². The first kappa shape index (κ1) is 8.04. The third-order valence-electron chi connectivity index (χ3n) is 1.54. The third-order valence-corrected chi connectivity index (χ3v) is 1.54. The highest BCUT2D eigenvalue weighted by Gasteiger charge is 2.16. The summed E-state index contributed by atoms with van der Waals surface area (Å²) in [5.74, 6) is -0.106. The Balaban J connectivity index is 2.23. The van der Waals surface area contributed by atoms with Gasteiger partial charge in [0.15, 0.2) is 5.90 Å². The van der Waals surface area contributed by atoms with Crippen molar-refractivity contribution in [1.82, 2.24) is 0 Å². The molecule has 1 aliphatic rings. The number of nitrogens with zero attached hydrogens (tertiary/aromatic N) is 1. The molecule has 1 rings (SSSR count). The molecule has 1 atom stereocenters. The number of rotatable bonds is 3. The van der Waals surface area contributed by atoms with Crippen LogP contribution in [0.1, 0.15) is 19.8 Å². The SMILES string of the molecule is CC1=NC(CCC(=O)O)CO1. The molecule has 0 fully saturated rings. The summed E-state index contributed by atoms with van der Waals surface area (Å²) in [4.78, 5) is 14.2. The Morgan fingerprint density at radius 3 is 3.09 bits per heavy atom. The zero-order valence-corrected chi connectivity index (χ0v) is 6.41. The minimum Gasteiger partial charge on any atom is -0.481 e. The zero-order chi connectivity index (χ0) is 8.27. The van der Waals surface area contributed by atoms with Crippen LogP contribution in [0.25, 0.3) is 0 Å². The number of carboxylic acids is 1. The van der Waals surface area contributed by atoms with E-state index in [2.05, 4.69) is 4.99 Å². The molecule has 0 bridgehead atoms. The Morgan fingerprint density at radius 1 is 1.91 bits per heavy atom. The van der Waals surface area contributed by atoms with Gasteiger partial charge in [0.25, 0.3) is 0 Å². The molecule has 0 saturated carbocycles. The van der Waals surface area contributed by atoms with Crippen molar-refractivity contribution in [1.29, 1.82) is 0 Å². The van der Waals surface area contributed by atoms with Crippen LogP contribution in [0.4, 0.5) is 0 Å². The summed E-state index contributed by atoms with van der Waals surface area (Å²) in [6, 6.07) is 0.0612. The molecule has 0 radical (unpaired) electrons. The van der Waals surface area contributed by atoms with Gasteiger partial charge in [0.1, 0.15) is 6.61 Å². The van der Waals surface area contributed by atoms with E-state index in [1.54, 1.807) is 6.92 Å². The van der Waals surface area contributed by atoms with Crippen LogP contribution in [-0.2, 0) is 9.53 Å². The first-order valence-electron chi connectivity index (χ1n) is 3.57. The molecule has 62 valence electrons. The minimum absolute atomic E-state index is 0.0612. The van der Waals surface area contributed by atoms with Crippen molar-refractivity contribution < 1.29 is 14.6 Å². The number of carboxylic acid groups (broad SMARTS) is 1. The summed E-state index contributed by atoms with van der Waals surface area (Å²) in [7, 11) is 0. The zero-order valence-electron chi connectivity index (χ0n) is 6.41. The Morgan fingerprint density at radius 2 is 2.64 bits per heavy atom. The fraction of sp³-hybridized carbons (Fsp3) is 0.714. The summed E-state index contributed by atoms with van der Waals surface area (Å²) in [6.45, 7) is 2.32. The Kier molecular flexibility index (Phi) is 2.46. The Bertz CT molecular complexity index is 188. The molecule has 4 nitrogen and oxygen atoms in total. The van der Waals surface area contributed by atoms with E-state index in [1.165, 1.54) is 0 Å². The smallest absolute Gasteiger partial charge is 0.303 e. The average molecular weight is 157 g/mol. The van der Waals surface area contributed by atoms with E-state index in [0.717, 1.165) is 0 Å². The standard InChI is InChI=1S/C7H11NO3/c1-5-8-6(4-11-5)2-3-7(9)10/h6H,2-4H2,1H3,(H,9,10). The van der Waals surface area contributed by atoms with Crippen molar-refractivity contribution >= 4 is 11.9 Å². The molecule has 11 heavy (non-hydrogen) atoms.